The van der Waals surface area contributed by atoms with E-state index in [1.165, 1.54) is 6.07 Å². The molecule has 2 rings (SSSR count). The van der Waals surface area contributed by atoms with Crippen LogP contribution in [0, 0.1) is 12.7 Å². The zero-order valence-corrected chi connectivity index (χ0v) is 13.6. The van der Waals surface area contributed by atoms with E-state index in [1.807, 2.05) is 32.0 Å². The Bertz CT molecular complexity index is 628. The third kappa shape index (κ3) is 4.19. The Balaban J connectivity index is 2.30. The molecule has 0 spiro atoms. The highest BCUT2D eigenvalue weighted by atomic mass is 35.5. The van der Waals surface area contributed by atoms with Crippen LogP contribution in [0.15, 0.2) is 36.4 Å². The first kappa shape index (κ1) is 16.3. The molecule has 0 saturated carbocycles. The van der Waals surface area contributed by atoms with Crippen LogP contribution in [0.2, 0.25) is 10.0 Å². The number of nitrogens with one attached hydrogen (secondary N) is 1. The topological polar surface area (TPSA) is 12.0 Å². The third-order valence-electron chi connectivity index (χ3n) is 3.47. The van der Waals surface area contributed by atoms with Crippen LogP contribution in [0.1, 0.15) is 29.7 Å². The van der Waals surface area contributed by atoms with Gasteiger partial charge in [0.1, 0.15) is 5.82 Å². The van der Waals surface area contributed by atoms with Crippen molar-refractivity contribution in [1.29, 1.82) is 0 Å². The van der Waals surface area contributed by atoms with Gasteiger partial charge in [0.25, 0.3) is 0 Å². The summed E-state index contributed by atoms with van der Waals surface area (Å²) in [5.74, 6) is -0.229. The Hall–Kier alpha value is -1.09. The fourth-order valence-electron chi connectivity index (χ4n) is 2.36. The van der Waals surface area contributed by atoms with Gasteiger partial charge in [-0.15, -0.1) is 0 Å². The van der Waals surface area contributed by atoms with E-state index in [0.29, 0.717) is 17.0 Å². The number of hydrogen-bond donors (Lipinski definition) is 1. The van der Waals surface area contributed by atoms with Crippen LogP contribution in [-0.4, -0.2) is 6.54 Å². The molecule has 0 bridgehead atoms. The van der Waals surface area contributed by atoms with E-state index in [9.17, 15) is 4.39 Å². The van der Waals surface area contributed by atoms with Gasteiger partial charge in [-0.1, -0.05) is 42.3 Å². The van der Waals surface area contributed by atoms with Crippen LogP contribution in [0.5, 0.6) is 0 Å². The average Bonchev–Trinajstić information content (AvgIpc) is 2.45. The van der Waals surface area contributed by atoms with Crippen LogP contribution in [0.4, 0.5) is 4.39 Å². The van der Waals surface area contributed by atoms with E-state index < -0.39 is 0 Å². The fourth-order valence-corrected chi connectivity index (χ4v) is 2.67. The maximum atomic E-state index is 13.9. The molecule has 112 valence electrons. The number of benzene rings is 2. The molecule has 21 heavy (non-hydrogen) atoms. The second-order valence-electron chi connectivity index (χ2n) is 5.06. The first-order chi connectivity index (χ1) is 10.0. The van der Waals surface area contributed by atoms with Crippen molar-refractivity contribution < 1.29 is 4.39 Å². The van der Waals surface area contributed by atoms with E-state index in [0.717, 1.165) is 22.7 Å². The van der Waals surface area contributed by atoms with E-state index in [4.69, 9.17) is 23.2 Å². The van der Waals surface area contributed by atoms with Crippen molar-refractivity contribution in [2.75, 3.05) is 6.54 Å². The zero-order valence-electron chi connectivity index (χ0n) is 12.1. The van der Waals surface area contributed by atoms with Gasteiger partial charge in [-0.25, -0.2) is 4.39 Å². The molecule has 0 amide bonds. The van der Waals surface area contributed by atoms with Crippen LogP contribution in [0.25, 0.3) is 0 Å². The summed E-state index contributed by atoms with van der Waals surface area (Å²) in [6.07, 6.45) is 0.543. The number of rotatable bonds is 5. The molecule has 0 saturated heterocycles. The number of halogens is 3. The van der Waals surface area contributed by atoms with Gasteiger partial charge >= 0.3 is 0 Å². The first-order valence-electron chi connectivity index (χ1n) is 6.94. The normalized spacial score (nSPS) is 12.4. The van der Waals surface area contributed by atoms with Crippen molar-refractivity contribution in [3.63, 3.8) is 0 Å². The number of hydrogen-bond acceptors (Lipinski definition) is 1. The lowest BCUT2D eigenvalue weighted by Crippen LogP contribution is -2.23. The molecule has 0 heterocycles. The molecule has 4 heteroatoms. The molecule has 0 aromatic heterocycles. The highest BCUT2D eigenvalue weighted by Crippen LogP contribution is 2.25. The maximum absolute atomic E-state index is 13.9. The molecule has 0 fully saturated rings. The zero-order chi connectivity index (χ0) is 15.4. The van der Waals surface area contributed by atoms with Gasteiger partial charge in [0.2, 0.25) is 0 Å². The third-order valence-corrected chi connectivity index (χ3v) is 4.13. The second kappa shape index (κ2) is 7.26. The minimum atomic E-state index is -0.229. The van der Waals surface area contributed by atoms with Crippen LogP contribution in [0.3, 0.4) is 0 Å². The van der Waals surface area contributed by atoms with Crippen molar-refractivity contribution in [3.05, 3.63) is 69.0 Å². The summed E-state index contributed by atoms with van der Waals surface area (Å²) < 4.78 is 13.9. The van der Waals surface area contributed by atoms with Gasteiger partial charge in [0.05, 0.1) is 0 Å². The molecule has 0 aliphatic rings. The number of likely N-dealkylation sites (N-methyl/N-ethyl adjacent to an activating group) is 1. The quantitative estimate of drug-likeness (QED) is 0.782. The Morgan fingerprint density at radius 2 is 1.90 bits per heavy atom. The SMILES string of the molecule is CCNC(Cc1cc(Cl)ccc1F)c1ccc(Cl)c(C)c1. The summed E-state index contributed by atoms with van der Waals surface area (Å²) in [6.45, 7) is 4.80. The molecule has 0 aliphatic carbocycles. The molecular weight excluding hydrogens is 308 g/mol. The van der Waals surface area contributed by atoms with Crippen molar-refractivity contribution in [3.8, 4) is 0 Å². The summed E-state index contributed by atoms with van der Waals surface area (Å²) in [5, 5.41) is 4.68. The molecule has 2 aromatic carbocycles. The lowest BCUT2D eigenvalue weighted by atomic mass is 9.97. The second-order valence-corrected chi connectivity index (χ2v) is 5.90. The van der Waals surface area contributed by atoms with Crippen molar-refractivity contribution in [2.24, 2.45) is 0 Å². The molecule has 1 atom stereocenters. The number of aryl methyl sites for hydroxylation is 1. The summed E-state index contributed by atoms with van der Waals surface area (Å²) in [4.78, 5) is 0. The van der Waals surface area contributed by atoms with Gasteiger partial charge in [0, 0.05) is 16.1 Å². The lowest BCUT2D eigenvalue weighted by molar-refractivity contribution is 0.528. The Morgan fingerprint density at radius 3 is 2.57 bits per heavy atom. The highest BCUT2D eigenvalue weighted by Gasteiger charge is 2.15. The molecule has 1 nitrogen and oxygen atoms in total. The van der Waals surface area contributed by atoms with E-state index in [2.05, 4.69) is 5.32 Å². The average molecular weight is 326 g/mol. The Morgan fingerprint density at radius 1 is 1.14 bits per heavy atom. The van der Waals surface area contributed by atoms with Gasteiger partial charge in [-0.2, -0.15) is 0 Å². The monoisotopic (exact) mass is 325 g/mol. The van der Waals surface area contributed by atoms with Crippen LogP contribution in [-0.2, 0) is 6.42 Å². The minimum absolute atomic E-state index is 0.0268. The van der Waals surface area contributed by atoms with Crippen molar-refractivity contribution in [1.82, 2.24) is 5.32 Å². The Kier molecular flexibility index (Phi) is 5.63. The van der Waals surface area contributed by atoms with Gasteiger partial charge in [0.15, 0.2) is 0 Å². The summed E-state index contributed by atoms with van der Waals surface area (Å²) in [5.41, 5.74) is 2.72. The highest BCUT2D eigenvalue weighted by molar-refractivity contribution is 6.31. The summed E-state index contributed by atoms with van der Waals surface area (Å²) >= 11 is 12.0. The molecule has 1 N–H and O–H groups in total. The lowest BCUT2D eigenvalue weighted by Gasteiger charge is -2.20. The smallest absolute Gasteiger partial charge is 0.126 e. The standard InChI is InChI=1S/C17H18Cl2FN/c1-3-21-17(12-4-6-15(19)11(2)8-12)10-13-9-14(18)5-7-16(13)20/h4-9,17,21H,3,10H2,1-2H3. The molecular formula is C17H18Cl2FN. The van der Waals surface area contributed by atoms with Crippen LogP contribution >= 0.6 is 23.2 Å². The predicted molar refractivity (Wildman–Crippen MR) is 87.7 cm³/mol. The van der Waals surface area contributed by atoms with Gasteiger partial charge in [-0.05, 0) is 60.8 Å². The maximum Gasteiger partial charge on any atom is 0.126 e. The van der Waals surface area contributed by atoms with Crippen LogP contribution < -0.4 is 5.32 Å². The Labute approximate surface area is 135 Å². The summed E-state index contributed by atoms with van der Waals surface area (Å²) in [7, 11) is 0. The largest absolute Gasteiger partial charge is 0.310 e. The van der Waals surface area contributed by atoms with E-state index in [-0.39, 0.29) is 11.9 Å². The van der Waals surface area contributed by atoms with Gasteiger partial charge < -0.3 is 5.32 Å². The summed E-state index contributed by atoms with van der Waals surface area (Å²) in [6, 6.07) is 10.6. The molecule has 0 aliphatic heterocycles. The van der Waals surface area contributed by atoms with E-state index in [1.54, 1.807) is 12.1 Å². The molecule has 1 unspecified atom stereocenters. The molecule has 0 radical (unpaired) electrons. The minimum Gasteiger partial charge on any atom is -0.310 e. The first-order valence-corrected chi connectivity index (χ1v) is 7.70. The molecule has 2 aromatic rings. The van der Waals surface area contributed by atoms with Gasteiger partial charge in [-0.3, -0.25) is 0 Å². The fraction of sp³-hybridized carbons (Fsp3) is 0.294. The van der Waals surface area contributed by atoms with E-state index >= 15 is 0 Å². The predicted octanol–water partition coefficient (Wildman–Crippen LogP) is 5.33. The van der Waals surface area contributed by atoms with Crippen molar-refractivity contribution in [2.45, 2.75) is 26.3 Å². The van der Waals surface area contributed by atoms with Crippen molar-refractivity contribution >= 4 is 23.2 Å².